The van der Waals surface area contributed by atoms with Crippen molar-refractivity contribution in [2.75, 3.05) is 13.7 Å². The molecular formula is C13H11N2O5S-. The van der Waals surface area contributed by atoms with Crippen LogP contribution in [-0.2, 0) is 9.59 Å². The number of benzene rings is 1. The summed E-state index contributed by atoms with van der Waals surface area (Å²) in [5.74, 6) is -1.11. The number of methoxy groups -OCH3 is 1. The summed E-state index contributed by atoms with van der Waals surface area (Å²) in [7, 11) is 1.43. The van der Waals surface area contributed by atoms with Crippen LogP contribution >= 0.6 is 11.8 Å². The largest absolute Gasteiger partial charge is 0.546 e. The number of ether oxygens (including phenoxy) is 2. The number of aliphatic carboxylic acids is 1. The summed E-state index contributed by atoms with van der Waals surface area (Å²) in [4.78, 5) is 25.9. The first kappa shape index (κ1) is 14.9. The van der Waals surface area contributed by atoms with Gasteiger partial charge >= 0.3 is 0 Å². The van der Waals surface area contributed by atoms with Crippen molar-refractivity contribution in [1.82, 2.24) is 0 Å². The van der Waals surface area contributed by atoms with Crippen LogP contribution in [0, 0.1) is 0 Å². The maximum absolute atomic E-state index is 11.5. The molecular weight excluding hydrogens is 296 g/mol. The lowest BCUT2D eigenvalue weighted by atomic mass is 10.2. The average molecular weight is 307 g/mol. The van der Waals surface area contributed by atoms with Gasteiger partial charge in [0.2, 0.25) is 0 Å². The van der Waals surface area contributed by atoms with Gasteiger partial charge < -0.3 is 25.1 Å². The number of amides is 1. The Kier molecular flexibility index (Phi) is 4.49. The molecule has 1 aliphatic rings. The Hall–Kier alpha value is -2.48. The van der Waals surface area contributed by atoms with Crippen LogP contribution in [0.15, 0.2) is 28.1 Å². The van der Waals surface area contributed by atoms with E-state index in [0.29, 0.717) is 16.2 Å². The molecule has 0 spiro atoms. The quantitative estimate of drug-likeness (QED) is 0.746. The van der Waals surface area contributed by atoms with Gasteiger partial charge in [-0.25, -0.2) is 0 Å². The maximum Gasteiger partial charge on any atom is 0.286 e. The molecule has 1 heterocycles. The highest BCUT2D eigenvalue weighted by Gasteiger charge is 2.19. The second-order valence-corrected chi connectivity index (χ2v) is 5.00. The summed E-state index contributed by atoms with van der Waals surface area (Å²) < 4.78 is 10.1. The molecule has 0 atom stereocenters. The van der Waals surface area contributed by atoms with Crippen LogP contribution in [-0.4, -0.2) is 30.8 Å². The van der Waals surface area contributed by atoms with Crippen LogP contribution in [0.4, 0.5) is 0 Å². The lowest BCUT2D eigenvalue weighted by Gasteiger charge is -2.11. The fraction of sp³-hybridized carbons (Fsp3) is 0.154. The number of rotatable bonds is 5. The van der Waals surface area contributed by atoms with Gasteiger partial charge in [-0.1, -0.05) is 6.07 Å². The number of hydrogen-bond donors (Lipinski definition) is 1. The monoisotopic (exact) mass is 307 g/mol. The van der Waals surface area contributed by atoms with E-state index in [0.717, 1.165) is 11.8 Å². The zero-order valence-electron chi connectivity index (χ0n) is 11.0. The van der Waals surface area contributed by atoms with Crippen LogP contribution in [0.1, 0.15) is 5.56 Å². The van der Waals surface area contributed by atoms with Gasteiger partial charge in [-0.3, -0.25) is 4.79 Å². The molecule has 0 radical (unpaired) electrons. The summed E-state index contributed by atoms with van der Waals surface area (Å²) in [5.41, 5.74) is 6.14. The molecule has 110 valence electrons. The standard InChI is InChI=1S/C13H12N2O5S/c1-19-9-4-7(2-3-8(9)20-6-11(16)17)5-10-12(18)15-13(14)21-10/h2-5H,6H2,1H3,(H,16,17)(H2,14,15,18)/p-1/b10-5-. The number of carbonyl (C=O) groups is 2. The fourth-order valence-corrected chi connectivity index (χ4v) is 2.29. The summed E-state index contributed by atoms with van der Waals surface area (Å²) in [5, 5.41) is 10.6. The Labute approximate surface area is 124 Å². The topological polar surface area (TPSA) is 114 Å². The number of aliphatic imine (C=N–C) groups is 1. The van der Waals surface area contributed by atoms with E-state index in [1.54, 1.807) is 24.3 Å². The van der Waals surface area contributed by atoms with E-state index in [-0.39, 0.29) is 10.9 Å². The van der Waals surface area contributed by atoms with Crippen molar-refractivity contribution in [3.05, 3.63) is 28.7 Å². The third-order valence-electron chi connectivity index (χ3n) is 2.47. The molecule has 0 saturated carbocycles. The minimum Gasteiger partial charge on any atom is -0.546 e. The number of carboxylic acid groups (broad SMARTS) is 1. The molecule has 1 aliphatic heterocycles. The van der Waals surface area contributed by atoms with E-state index in [2.05, 4.69) is 4.99 Å². The maximum atomic E-state index is 11.5. The van der Waals surface area contributed by atoms with Crippen LogP contribution in [0.5, 0.6) is 11.5 Å². The van der Waals surface area contributed by atoms with Gasteiger partial charge in [-0.05, 0) is 35.5 Å². The van der Waals surface area contributed by atoms with Crippen molar-refractivity contribution in [3.8, 4) is 11.5 Å². The van der Waals surface area contributed by atoms with Gasteiger partial charge in [-0.15, -0.1) is 0 Å². The number of carboxylic acids is 1. The van der Waals surface area contributed by atoms with Gasteiger partial charge in [0.05, 0.1) is 18.0 Å². The van der Waals surface area contributed by atoms with Crippen molar-refractivity contribution in [2.24, 2.45) is 10.7 Å². The second kappa shape index (κ2) is 6.31. The number of nitrogens with two attached hydrogens (primary N) is 1. The van der Waals surface area contributed by atoms with E-state index >= 15 is 0 Å². The summed E-state index contributed by atoms with van der Waals surface area (Å²) in [6.45, 7) is -0.574. The highest BCUT2D eigenvalue weighted by Crippen LogP contribution is 2.31. The third kappa shape index (κ3) is 3.76. The lowest BCUT2D eigenvalue weighted by molar-refractivity contribution is -0.307. The van der Waals surface area contributed by atoms with E-state index in [1.165, 1.54) is 7.11 Å². The predicted octanol–water partition coefficient (Wildman–Crippen LogP) is -0.247. The van der Waals surface area contributed by atoms with Crippen LogP contribution in [0.25, 0.3) is 6.08 Å². The minimum absolute atomic E-state index is 0.201. The first-order valence-corrected chi connectivity index (χ1v) is 6.60. The molecule has 0 aliphatic carbocycles. The average Bonchev–Trinajstić information content (AvgIpc) is 2.75. The summed E-state index contributed by atoms with van der Waals surface area (Å²) >= 11 is 1.08. The highest BCUT2D eigenvalue weighted by molar-refractivity contribution is 8.18. The van der Waals surface area contributed by atoms with Gasteiger partial charge in [-0.2, -0.15) is 4.99 Å². The molecule has 0 fully saturated rings. The van der Waals surface area contributed by atoms with Crippen LogP contribution in [0.3, 0.4) is 0 Å². The highest BCUT2D eigenvalue weighted by atomic mass is 32.2. The predicted molar refractivity (Wildman–Crippen MR) is 75.7 cm³/mol. The Morgan fingerprint density at radius 2 is 2.24 bits per heavy atom. The molecule has 1 aromatic rings. The van der Waals surface area contributed by atoms with Crippen LogP contribution in [0.2, 0.25) is 0 Å². The minimum atomic E-state index is -1.33. The molecule has 1 aromatic carbocycles. The van der Waals surface area contributed by atoms with Gasteiger partial charge in [0.15, 0.2) is 16.7 Å². The molecule has 0 aromatic heterocycles. The molecule has 2 N–H and O–H groups in total. The first-order valence-electron chi connectivity index (χ1n) is 5.78. The van der Waals surface area contributed by atoms with Crippen molar-refractivity contribution in [3.63, 3.8) is 0 Å². The summed E-state index contributed by atoms with van der Waals surface area (Å²) in [6.07, 6.45) is 1.61. The molecule has 1 amide bonds. The molecule has 0 bridgehead atoms. The molecule has 21 heavy (non-hydrogen) atoms. The van der Waals surface area contributed by atoms with E-state index in [1.807, 2.05) is 0 Å². The number of carbonyl (C=O) groups excluding carboxylic acids is 2. The molecule has 0 unspecified atom stereocenters. The van der Waals surface area contributed by atoms with Crippen molar-refractivity contribution >= 4 is 34.9 Å². The SMILES string of the molecule is COc1cc(/C=C2\SC(N)=NC2=O)ccc1OCC(=O)[O-]. The number of thioether (sulfide) groups is 1. The van der Waals surface area contributed by atoms with Gasteiger partial charge in [0.1, 0.15) is 6.61 Å². The second-order valence-electron chi connectivity index (χ2n) is 3.94. The Morgan fingerprint density at radius 1 is 1.48 bits per heavy atom. The Bertz CT molecular complexity index is 654. The van der Waals surface area contributed by atoms with E-state index in [4.69, 9.17) is 15.2 Å². The molecule has 7 nitrogen and oxygen atoms in total. The van der Waals surface area contributed by atoms with E-state index < -0.39 is 18.5 Å². The fourth-order valence-electron chi connectivity index (χ4n) is 1.61. The lowest BCUT2D eigenvalue weighted by Crippen LogP contribution is -2.29. The molecule has 2 rings (SSSR count). The van der Waals surface area contributed by atoms with Crippen molar-refractivity contribution in [2.45, 2.75) is 0 Å². The normalized spacial score (nSPS) is 16.0. The number of amidine groups is 1. The third-order valence-corrected chi connectivity index (χ3v) is 3.28. The molecule has 0 saturated heterocycles. The van der Waals surface area contributed by atoms with Gasteiger partial charge in [0, 0.05) is 0 Å². The van der Waals surface area contributed by atoms with Crippen molar-refractivity contribution in [1.29, 1.82) is 0 Å². The van der Waals surface area contributed by atoms with Crippen LogP contribution < -0.4 is 20.3 Å². The number of hydrogen-bond acceptors (Lipinski definition) is 7. The van der Waals surface area contributed by atoms with Crippen molar-refractivity contribution < 1.29 is 24.2 Å². The van der Waals surface area contributed by atoms with E-state index in [9.17, 15) is 14.7 Å². The molecule has 8 heteroatoms. The Balaban J connectivity index is 2.21. The Morgan fingerprint density at radius 3 is 2.81 bits per heavy atom. The summed E-state index contributed by atoms with van der Waals surface area (Å²) in [6, 6.07) is 4.81. The van der Waals surface area contributed by atoms with Gasteiger partial charge in [0.25, 0.3) is 5.91 Å². The zero-order valence-corrected chi connectivity index (χ0v) is 11.8. The smallest absolute Gasteiger partial charge is 0.286 e. The first-order chi connectivity index (χ1) is 9.99. The zero-order chi connectivity index (χ0) is 15.4. The number of nitrogens with zero attached hydrogens (tertiary/aromatic N) is 1.